The van der Waals surface area contributed by atoms with Crippen molar-refractivity contribution >= 4 is 27.0 Å². The maximum atomic E-state index is 12.2. The molecule has 0 fully saturated rings. The number of nitrogens with zero attached hydrogens (tertiary/aromatic N) is 1. The highest BCUT2D eigenvalue weighted by Crippen LogP contribution is 2.20. The average Bonchev–Trinajstić information content (AvgIpc) is 2.82. The molecule has 1 aromatic heterocycles. The van der Waals surface area contributed by atoms with Crippen molar-refractivity contribution in [1.82, 2.24) is 9.71 Å². The minimum atomic E-state index is -3.54. The van der Waals surface area contributed by atoms with Gasteiger partial charge in [-0.15, -0.1) is 11.3 Å². The SMILES string of the molecule is CNc1ccccc1S(=O)(=O)NCc1csc(C)n1. The molecule has 2 aromatic rings. The van der Waals surface area contributed by atoms with Gasteiger partial charge in [-0.3, -0.25) is 0 Å². The molecule has 0 atom stereocenters. The first-order chi connectivity index (χ1) is 9.03. The Kier molecular flexibility index (Phi) is 4.18. The van der Waals surface area contributed by atoms with Gasteiger partial charge in [0.2, 0.25) is 10.0 Å². The molecule has 0 amide bonds. The van der Waals surface area contributed by atoms with Gasteiger partial charge in [0.15, 0.2) is 0 Å². The molecule has 19 heavy (non-hydrogen) atoms. The van der Waals surface area contributed by atoms with Crippen LogP contribution in [0.1, 0.15) is 10.7 Å². The Morgan fingerprint density at radius 3 is 2.68 bits per heavy atom. The van der Waals surface area contributed by atoms with E-state index in [1.54, 1.807) is 31.3 Å². The second-order valence-electron chi connectivity index (χ2n) is 3.93. The Morgan fingerprint density at radius 1 is 1.32 bits per heavy atom. The summed E-state index contributed by atoms with van der Waals surface area (Å²) in [6.07, 6.45) is 0. The van der Waals surface area contributed by atoms with Crippen LogP contribution in [-0.4, -0.2) is 20.4 Å². The van der Waals surface area contributed by atoms with E-state index in [1.807, 2.05) is 12.3 Å². The number of thiazole rings is 1. The van der Waals surface area contributed by atoms with Gasteiger partial charge in [0.05, 0.1) is 22.9 Å². The fourth-order valence-corrected chi connectivity index (χ4v) is 3.47. The van der Waals surface area contributed by atoms with Gasteiger partial charge in [-0.25, -0.2) is 18.1 Å². The number of sulfonamides is 1. The Balaban J connectivity index is 2.18. The average molecular weight is 297 g/mol. The molecule has 0 spiro atoms. The highest BCUT2D eigenvalue weighted by atomic mass is 32.2. The predicted octanol–water partition coefficient (Wildman–Crippen LogP) is 1.97. The van der Waals surface area contributed by atoms with Gasteiger partial charge in [-0.1, -0.05) is 12.1 Å². The van der Waals surface area contributed by atoms with Gasteiger partial charge in [0.25, 0.3) is 0 Å². The van der Waals surface area contributed by atoms with Crippen molar-refractivity contribution in [3.63, 3.8) is 0 Å². The van der Waals surface area contributed by atoms with Crippen molar-refractivity contribution in [3.05, 3.63) is 40.3 Å². The molecule has 2 N–H and O–H groups in total. The van der Waals surface area contributed by atoms with Crippen molar-refractivity contribution in [1.29, 1.82) is 0 Å². The molecule has 0 saturated carbocycles. The summed E-state index contributed by atoms with van der Waals surface area (Å²) in [5, 5.41) is 5.64. The highest BCUT2D eigenvalue weighted by molar-refractivity contribution is 7.89. The van der Waals surface area contributed by atoms with Crippen molar-refractivity contribution < 1.29 is 8.42 Å². The van der Waals surface area contributed by atoms with E-state index in [2.05, 4.69) is 15.0 Å². The van der Waals surface area contributed by atoms with E-state index in [9.17, 15) is 8.42 Å². The highest BCUT2D eigenvalue weighted by Gasteiger charge is 2.17. The molecule has 7 heteroatoms. The fourth-order valence-electron chi connectivity index (χ4n) is 1.64. The van der Waals surface area contributed by atoms with E-state index in [4.69, 9.17) is 0 Å². The van der Waals surface area contributed by atoms with E-state index < -0.39 is 10.0 Å². The van der Waals surface area contributed by atoms with Crippen LogP contribution in [-0.2, 0) is 16.6 Å². The smallest absolute Gasteiger partial charge is 0.242 e. The maximum absolute atomic E-state index is 12.2. The van der Waals surface area contributed by atoms with Crippen LogP contribution in [0.2, 0.25) is 0 Å². The zero-order valence-electron chi connectivity index (χ0n) is 10.7. The second kappa shape index (κ2) is 5.68. The lowest BCUT2D eigenvalue weighted by molar-refractivity contribution is 0.581. The number of rotatable bonds is 5. The van der Waals surface area contributed by atoms with Crippen molar-refractivity contribution in [2.45, 2.75) is 18.4 Å². The molecule has 0 aliphatic heterocycles. The third-order valence-electron chi connectivity index (χ3n) is 2.56. The molecule has 0 saturated heterocycles. The van der Waals surface area contributed by atoms with Crippen LogP contribution in [0.4, 0.5) is 5.69 Å². The molecule has 0 aliphatic rings. The van der Waals surface area contributed by atoms with Gasteiger partial charge in [-0.05, 0) is 19.1 Å². The van der Waals surface area contributed by atoms with Gasteiger partial charge in [-0.2, -0.15) is 0 Å². The number of aryl methyl sites for hydroxylation is 1. The van der Waals surface area contributed by atoms with Crippen LogP contribution in [0.25, 0.3) is 0 Å². The first-order valence-electron chi connectivity index (χ1n) is 5.70. The Labute approximate surface area is 116 Å². The number of para-hydroxylation sites is 1. The minimum Gasteiger partial charge on any atom is -0.387 e. The van der Waals surface area contributed by atoms with Crippen LogP contribution >= 0.6 is 11.3 Å². The molecule has 0 radical (unpaired) electrons. The van der Waals surface area contributed by atoms with Crippen LogP contribution in [0, 0.1) is 6.92 Å². The lowest BCUT2D eigenvalue weighted by Crippen LogP contribution is -2.24. The zero-order chi connectivity index (χ0) is 13.9. The number of hydrogen-bond acceptors (Lipinski definition) is 5. The topological polar surface area (TPSA) is 71.1 Å². The van der Waals surface area contributed by atoms with Gasteiger partial charge >= 0.3 is 0 Å². The summed E-state index contributed by atoms with van der Waals surface area (Å²) in [5.74, 6) is 0. The molecule has 5 nitrogen and oxygen atoms in total. The largest absolute Gasteiger partial charge is 0.387 e. The van der Waals surface area contributed by atoms with Crippen molar-refractivity contribution in [2.24, 2.45) is 0 Å². The van der Waals surface area contributed by atoms with Crippen molar-refractivity contribution in [3.8, 4) is 0 Å². The van der Waals surface area contributed by atoms with E-state index >= 15 is 0 Å². The molecular weight excluding hydrogens is 282 g/mol. The van der Waals surface area contributed by atoms with Crippen LogP contribution in [0.3, 0.4) is 0 Å². The van der Waals surface area contributed by atoms with E-state index in [1.165, 1.54) is 11.3 Å². The Hall–Kier alpha value is -1.44. The van der Waals surface area contributed by atoms with Crippen LogP contribution < -0.4 is 10.0 Å². The van der Waals surface area contributed by atoms with E-state index in [0.29, 0.717) is 5.69 Å². The minimum absolute atomic E-state index is 0.199. The number of benzene rings is 1. The van der Waals surface area contributed by atoms with Gasteiger partial charge < -0.3 is 5.32 Å². The maximum Gasteiger partial charge on any atom is 0.242 e. The van der Waals surface area contributed by atoms with Crippen LogP contribution in [0.5, 0.6) is 0 Å². The number of anilines is 1. The third kappa shape index (κ3) is 3.31. The molecule has 0 bridgehead atoms. The fraction of sp³-hybridized carbons (Fsp3) is 0.250. The Morgan fingerprint density at radius 2 is 2.05 bits per heavy atom. The first kappa shape index (κ1) is 14.0. The molecular formula is C12H15N3O2S2. The summed E-state index contributed by atoms with van der Waals surface area (Å²) >= 11 is 1.50. The molecule has 0 unspecified atom stereocenters. The summed E-state index contributed by atoms with van der Waals surface area (Å²) in [6, 6.07) is 6.78. The molecule has 0 aliphatic carbocycles. The molecule has 1 aromatic carbocycles. The second-order valence-corrected chi connectivity index (χ2v) is 6.73. The van der Waals surface area contributed by atoms with E-state index in [-0.39, 0.29) is 11.4 Å². The third-order valence-corrected chi connectivity index (χ3v) is 4.84. The van der Waals surface area contributed by atoms with Gasteiger partial charge in [0.1, 0.15) is 4.90 Å². The molecule has 2 rings (SSSR count). The summed E-state index contributed by atoms with van der Waals surface area (Å²) in [6.45, 7) is 2.09. The monoisotopic (exact) mass is 297 g/mol. The molecule has 1 heterocycles. The van der Waals surface area contributed by atoms with Gasteiger partial charge in [0, 0.05) is 12.4 Å². The lowest BCUT2D eigenvalue weighted by Gasteiger charge is -2.10. The quantitative estimate of drug-likeness (QED) is 0.885. The first-order valence-corrected chi connectivity index (χ1v) is 8.06. The predicted molar refractivity (Wildman–Crippen MR) is 76.9 cm³/mol. The van der Waals surface area contributed by atoms with Crippen molar-refractivity contribution in [2.75, 3.05) is 12.4 Å². The van der Waals surface area contributed by atoms with E-state index in [0.717, 1.165) is 10.7 Å². The summed E-state index contributed by atoms with van der Waals surface area (Å²) in [7, 11) is -1.85. The zero-order valence-corrected chi connectivity index (χ0v) is 12.3. The number of aromatic nitrogens is 1. The number of hydrogen-bond donors (Lipinski definition) is 2. The normalized spacial score (nSPS) is 11.5. The summed E-state index contributed by atoms with van der Waals surface area (Å²) in [4.78, 5) is 4.47. The summed E-state index contributed by atoms with van der Waals surface area (Å²) in [5.41, 5.74) is 1.30. The molecule has 102 valence electrons. The summed E-state index contributed by atoms with van der Waals surface area (Å²) < 4.78 is 27.0. The standard InChI is InChI=1S/C12H15N3O2S2/c1-9-15-10(8-18-9)7-14-19(16,17)12-6-4-3-5-11(12)13-2/h3-6,8,13-14H,7H2,1-2H3. The Bertz CT molecular complexity index is 665. The lowest BCUT2D eigenvalue weighted by atomic mass is 10.3. The van der Waals surface area contributed by atoms with Crippen LogP contribution in [0.15, 0.2) is 34.5 Å². The number of nitrogens with one attached hydrogen (secondary N) is 2.